The molecule has 3 N–H and O–H groups in total. The summed E-state index contributed by atoms with van der Waals surface area (Å²) in [6.07, 6.45) is 0.604. The third-order valence-corrected chi connectivity index (χ3v) is 2.80. The molecule has 0 bridgehead atoms. The number of hydrogen-bond acceptors (Lipinski definition) is 2. The van der Waals surface area contributed by atoms with Gasteiger partial charge in [0, 0.05) is 19.5 Å². The second kappa shape index (κ2) is 8.14. The largest absolute Gasteiger partial charge is 0.481 e. The van der Waals surface area contributed by atoms with Crippen molar-refractivity contribution in [3.05, 3.63) is 35.6 Å². The van der Waals surface area contributed by atoms with Crippen molar-refractivity contribution in [3.8, 4) is 0 Å². The second-order valence-corrected chi connectivity index (χ2v) is 4.73. The number of carboxylic acids is 1. The van der Waals surface area contributed by atoms with Gasteiger partial charge in [0.1, 0.15) is 5.82 Å². The summed E-state index contributed by atoms with van der Waals surface area (Å²) >= 11 is 0. The number of carbonyl (C=O) groups excluding carboxylic acids is 1. The highest BCUT2D eigenvalue weighted by atomic mass is 19.1. The summed E-state index contributed by atoms with van der Waals surface area (Å²) in [5.41, 5.74) is 0.680. The molecular weight excluding hydrogens is 263 g/mol. The van der Waals surface area contributed by atoms with Crippen molar-refractivity contribution >= 4 is 12.0 Å². The molecule has 110 valence electrons. The van der Waals surface area contributed by atoms with Crippen LogP contribution in [0.5, 0.6) is 0 Å². The molecule has 0 saturated carbocycles. The van der Waals surface area contributed by atoms with Crippen LogP contribution in [0, 0.1) is 11.7 Å². The van der Waals surface area contributed by atoms with E-state index in [1.54, 1.807) is 12.1 Å². The quantitative estimate of drug-likeness (QED) is 0.717. The number of halogens is 1. The summed E-state index contributed by atoms with van der Waals surface area (Å²) in [5.74, 6) is -1.09. The Morgan fingerprint density at radius 1 is 1.35 bits per heavy atom. The number of aliphatic carboxylic acids is 1. The van der Waals surface area contributed by atoms with Crippen LogP contribution < -0.4 is 10.6 Å². The number of carbonyl (C=O) groups is 2. The number of amides is 2. The molecule has 1 atom stereocenters. The van der Waals surface area contributed by atoms with Gasteiger partial charge in [-0.25, -0.2) is 9.18 Å². The Labute approximate surface area is 117 Å². The molecule has 1 rings (SSSR count). The predicted molar refractivity (Wildman–Crippen MR) is 72.7 cm³/mol. The van der Waals surface area contributed by atoms with E-state index in [0.29, 0.717) is 18.5 Å². The maximum absolute atomic E-state index is 12.9. The third-order valence-electron chi connectivity index (χ3n) is 2.80. The van der Waals surface area contributed by atoms with Gasteiger partial charge in [-0.2, -0.15) is 0 Å². The Morgan fingerprint density at radius 3 is 2.75 bits per heavy atom. The van der Waals surface area contributed by atoms with E-state index in [1.165, 1.54) is 12.1 Å². The highest BCUT2D eigenvalue weighted by molar-refractivity contribution is 5.73. The molecular formula is C14H19FN2O3. The summed E-state index contributed by atoms with van der Waals surface area (Å²) in [6.45, 7) is 2.52. The number of benzene rings is 1. The molecule has 6 heteroatoms. The van der Waals surface area contributed by atoms with Crippen LogP contribution in [0.15, 0.2) is 24.3 Å². The average molecular weight is 282 g/mol. The van der Waals surface area contributed by atoms with Crippen molar-refractivity contribution in [3.63, 3.8) is 0 Å². The minimum absolute atomic E-state index is 0.0889. The van der Waals surface area contributed by atoms with Gasteiger partial charge in [-0.05, 0) is 30.0 Å². The molecule has 0 aromatic heterocycles. The van der Waals surface area contributed by atoms with Gasteiger partial charge in [0.25, 0.3) is 0 Å². The van der Waals surface area contributed by atoms with Gasteiger partial charge in [-0.15, -0.1) is 0 Å². The molecule has 0 heterocycles. The molecule has 0 radical (unpaired) electrons. The van der Waals surface area contributed by atoms with E-state index in [-0.39, 0.29) is 30.7 Å². The van der Waals surface area contributed by atoms with Crippen molar-refractivity contribution in [2.24, 2.45) is 5.92 Å². The monoisotopic (exact) mass is 282 g/mol. The zero-order valence-electron chi connectivity index (χ0n) is 11.4. The number of urea groups is 1. The van der Waals surface area contributed by atoms with Crippen molar-refractivity contribution in [2.45, 2.75) is 26.3 Å². The lowest BCUT2D eigenvalue weighted by Gasteiger charge is -2.12. The minimum Gasteiger partial charge on any atom is -0.481 e. The van der Waals surface area contributed by atoms with Crippen LogP contribution >= 0.6 is 0 Å². The first-order chi connectivity index (χ1) is 9.47. The Hall–Kier alpha value is -2.11. The number of hydrogen-bond donors (Lipinski definition) is 3. The molecule has 1 aromatic carbocycles. The Kier molecular flexibility index (Phi) is 6.49. The standard InChI is InChI=1S/C14H19FN2O3/c1-10(5-6-13(18)19)8-16-14(20)17-9-11-3-2-4-12(15)7-11/h2-4,7,10H,5-6,8-9H2,1H3,(H,18,19)(H2,16,17,20). The summed E-state index contributed by atoms with van der Waals surface area (Å²) in [6, 6.07) is 5.65. The summed E-state index contributed by atoms with van der Waals surface area (Å²) in [7, 11) is 0. The van der Waals surface area contributed by atoms with E-state index in [9.17, 15) is 14.0 Å². The van der Waals surface area contributed by atoms with Crippen LogP contribution in [0.1, 0.15) is 25.3 Å². The summed E-state index contributed by atoms with van der Waals surface area (Å²) in [4.78, 5) is 21.9. The normalized spacial score (nSPS) is 11.7. The first kappa shape index (κ1) is 15.9. The molecule has 0 aliphatic carbocycles. The van der Waals surface area contributed by atoms with Crippen LogP contribution in [-0.2, 0) is 11.3 Å². The van der Waals surface area contributed by atoms with E-state index in [1.807, 2.05) is 6.92 Å². The molecule has 0 spiro atoms. The van der Waals surface area contributed by atoms with Crippen molar-refractivity contribution < 1.29 is 19.1 Å². The van der Waals surface area contributed by atoms with E-state index in [4.69, 9.17) is 5.11 Å². The predicted octanol–water partition coefficient (Wildman–Crippen LogP) is 2.13. The van der Waals surface area contributed by atoms with E-state index in [0.717, 1.165) is 0 Å². The first-order valence-electron chi connectivity index (χ1n) is 6.45. The molecule has 0 aliphatic rings. The number of rotatable bonds is 7. The van der Waals surface area contributed by atoms with Gasteiger partial charge in [-0.3, -0.25) is 4.79 Å². The highest BCUT2D eigenvalue weighted by Crippen LogP contribution is 2.04. The zero-order chi connectivity index (χ0) is 15.0. The van der Waals surface area contributed by atoms with Crippen LogP contribution in [0.25, 0.3) is 0 Å². The fourth-order valence-corrected chi connectivity index (χ4v) is 1.63. The zero-order valence-corrected chi connectivity index (χ0v) is 11.4. The lowest BCUT2D eigenvalue weighted by atomic mass is 10.1. The smallest absolute Gasteiger partial charge is 0.315 e. The molecule has 0 fully saturated rings. The maximum atomic E-state index is 12.9. The maximum Gasteiger partial charge on any atom is 0.315 e. The fraction of sp³-hybridized carbons (Fsp3) is 0.429. The van der Waals surface area contributed by atoms with Gasteiger partial charge in [0.15, 0.2) is 0 Å². The van der Waals surface area contributed by atoms with Gasteiger partial charge in [-0.1, -0.05) is 19.1 Å². The fourth-order valence-electron chi connectivity index (χ4n) is 1.63. The van der Waals surface area contributed by atoms with E-state index in [2.05, 4.69) is 10.6 Å². The SMILES string of the molecule is CC(CCC(=O)O)CNC(=O)NCc1cccc(F)c1. The van der Waals surface area contributed by atoms with Gasteiger partial charge in [0.2, 0.25) is 0 Å². The third kappa shape index (κ3) is 6.72. The summed E-state index contributed by atoms with van der Waals surface area (Å²) < 4.78 is 12.9. The Morgan fingerprint density at radius 2 is 2.10 bits per heavy atom. The molecule has 1 unspecified atom stereocenters. The highest BCUT2D eigenvalue weighted by Gasteiger charge is 2.07. The average Bonchev–Trinajstić information content (AvgIpc) is 2.40. The van der Waals surface area contributed by atoms with Gasteiger partial charge >= 0.3 is 12.0 Å². The van der Waals surface area contributed by atoms with Crippen molar-refractivity contribution in [2.75, 3.05) is 6.54 Å². The lowest BCUT2D eigenvalue weighted by Crippen LogP contribution is -2.37. The van der Waals surface area contributed by atoms with E-state index >= 15 is 0 Å². The van der Waals surface area contributed by atoms with Crippen molar-refractivity contribution in [1.29, 1.82) is 0 Å². The first-order valence-corrected chi connectivity index (χ1v) is 6.45. The topological polar surface area (TPSA) is 78.4 Å². The number of carboxylic acid groups (broad SMARTS) is 1. The van der Waals surface area contributed by atoms with Crippen molar-refractivity contribution in [1.82, 2.24) is 10.6 Å². The van der Waals surface area contributed by atoms with Gasteiger partial charge in [0.05, 0.1) is 0 Å². The molecule has 20 heavy (non-hydrogen) atoms. The summed E-state index contributed by atoms with van der Waals surface area (Å²) in [5, 5.41) is 13.8. The lowest BCUT2D eigenvalue weighted by molar-refractivity contribution is -0.137. The van der Waals surface area contributed by atoms with Crippen LogP contribution in [0.3, 0.4) is 0 Å². The molecule has 0 saturated heterocycles. The minimum atomic E-state index is -0.840. The van der Waals surface area contributed by atoms with Crippen LogP contribution in [0.4, 0.5) is 9.18 Å². The number of nitrogens with one attached hydrogen (secondary N) is 2. The van der Waals surface area contributed by atoms with Crippen LogP contribution in [0.2, 0.25) is 0 Å². The Balaban J connectivity index is 2.22. The van der Waals surface area contributed by atoms with E-state index < -0.39 is 5.97 Å². The molecule has 5 nitrogen and oxygen atoms in total. The van der Waals surface area contributed by atoms with Crippen LogP contribution in [-0.4, -0.2) is 23.7 Å². The Bertz CT molecular complexity index is 465. The second-order valence-electron chi connectivity index (χ2n) is 4.73. The molecule has 2 amide bonds. The molecule has 0 aliphatic heterocycles. The molecule has 1 aromatic rings. The van der Waals surface area contributed by atoms with Gasteiger partial charge < -0.3 is 15.7 Å².